The van der Waals surface area contributed by atoms with Gasteiger partial charge < -0.3 is 10.1 Å². The molecule has 3 rings (SSSR count). The number of methoxy groups -OCH3 is 1. The predicted molar refractivity (Wildman–Crippen MR) is 86.2 cm³/mol. The summed E-state index contributed by atoms with van der Waals surface area (Å²) in [6.07, 6.45) is 5.77. The van der Waals surface area contributed by atoms with E-state index in [4.69, 9.17) is 4.74 Å². The third kappa shape index (κ3) is 3.27. The Balaban J connectivity index is 1.80. The van der Waals surface area contributed by atoms with Crippen LogP contribution in [0.15, 0.2) is 24.3 Å². The van der Waals surface area contributed by atoms with Crippen LogP contribution in [-0.2, 0) is 0 Å². The molecule has 0 spiro atoms. The van der Waals surface area contributed by atoms with Gasteiger partial charge in [0.05, 0.1) is 7.11 Å². The van der Waals surface area contributed by atoms with E-state index in [0.717, 1.165) is 35.7 Å². The molecule has 1 fully saturated rings. The molecule has 2 aromatic rings. The molecule has 0 aliphatic heterocycles. The van der Waals surface area contributed by atoms with E-state index in [1.54, 1.807) is 7.11 Å². The van der Waals surface area contributed by atoms with E-state index in [2.05, 4.69) is 14.9 Å². The largest absolute Gasteiger partial charge is 0.497 e. The van der Waals surface area contributed by atoms with Crippen LogP contribution in [0, 0.1) is 0 Å². The third-order valence-electron chi connectivity index (χ3n) is 3.98. The first-order chi connectivity index (χ1) is 10.8. The molecule has 0 atom stereocenters. The average molecular weight is 317 g/mol. The van der Waals surface area contributed by atoms with Gasteiger partial charge in [-0.05, 0) is 36.5 Å². The first-order valence-corrected chi connectivity index (χ1v) is 8.33. The lowest BCUT2D eigenvalue weighted by atomic mass is 9.95. The minimum Gasteiger partial charge on any atom is -0.497 e. The highest BCUT2D eigenvalue weighted by Gasteiger charge is 2.22. The van der Waals surface area contributed by atoms with Gasteiger partial charge >= 0.3 is 0 Å². The number of carbonyl (C=O) groups excluding carboxylic acids is 1. The van der Waals surface area contributed by atoms with E-state index >= 15 is 0 Å². The molecule has 1 heterocycles. The molecule has 1 N–H and O–H groups in total. The predicted octanol–water partition coefficient (Wildman–Crippen LogP) is 3.28. The Kier molecular flexibility index (Phi) is 4.68. The van der Waals surface area contributed by atoms with Crippen molar-refractivity contribution in [2.24, 2.45) is 0 Å². The second-order valence-electron chi connectivity index (χ2n) is 5.49. The van der Waals surface area contributed by atoms with Crippen molar-refractivity contribution in [2.45, 2.75) is 38.1 Å². The van der Waals surface area contributed by atoms with Crippen molar-refractivity contribution in [3.63, 3.8) is 0 Å². The van der Waals surface area contributed by atoms with Gasteiger partial charge in [-0.2, -0.15) is 0 Å². The molecular weight excluding hydrogens is 298 g/mol. The molecule has 1 aliphatic rings. The Morgan fingerprint density at radius 1 is 1.32 bits per heavy atom. The molecule has 0 unspecified atom stereocenters. The maximum Gasteiger partial charge on any atom is 0.265 e. The van der Waals surface area contributed by atoms with Gasteiger partial charge in [0.1, 0.15) is 16.3 Å². The second kappa shape index (κ2) is 6.87. The molecule has 116 valence electrons. The molecule has 0 bridgehead atoms. The maximum absolute atomic E-state index is 12.5. The number of carbonyl (C=O) groups is 1. The lowest BCUT2D eigenvalue weighted by Gasteiger charge is -2.22. The summed E-state index contributed by atoms with van der Waals surface area (Å²) in [5, 5.41) is 7.25. The third-order valence-corrected chi connectivity index (χ3v) is 4.70. The first-order valence-electron chi connectivity index (χ1n) is 7.55. The molecule has 1 amide bonds. The van der Waals surface area contributed by atoms with E-state index < -0.39 is 0 Å². The van der Waals surface area contributed by atoms with E-state index in [-0.39, 0.29) is 11.9 Å². The molecule has 1 aromatic carbocycles. The minimum absolute atomic E-state index is 0.0697. The first kappa shape index (κ1) is 15.0. The van der Waals surface area contributed by atoms with E-state index in [1.165, 1.54) is 19.3 Å². The molecular formula is C16H19N3O2S. The van der Waals surface area contributed by atoms with Crippen molar-refractivity contribution in [3.05, 3.63) is 29.1 Å². The fraction of sp³-hybridized carbons (Fsp3) is 0.438. The monoisotopic (exact) mass is 317 g/mol. The molecule has 1 aliphatic carbocycles. The van der Waals surface area contributed by atoms with Crippen LogP contribution in [0.25, 0.3) is 11.3 Å². The highest BCUT2D eigenvalue weighted by molar-refractivity contribution is 7.08. The minimum atomic E-state index is -0.0697. The topological polar surface area (TPSA) is 64.1 Å². The van der Waals surface area contributed by atoms with Crippen LogP contribution >= 0.6 is 11.5 Å². The summed E-state index contributed by atoms with van der Waals surface area (Å²) in [6.45, 7) is 0. The molecule has 1 saturated carbocycles. The lowest BCUT2D eigenvalue weighted by molar-refractivity contribution is 0.0932. The zero-order chi connectivity index (χ0) is 15.4. The molecule has 0 radical (unpaired) electrons. The number of amides is 1. The number of hydrogen-bond acceptors (Lipinski definition) is 5. The number of nitrogens with zero attached hydrogens (tertiary/aromatic N) is 2. The summed E-state index contributed by atoms with van der Waals surface area (Å²) in [5.74, 6) is 0.670. The Hall–Kier alpha value is -1.95. The average Bonchev–Trinajstić information content (AvgIpc) is 3.05. The Morgan fingerprint density at radius 3 is 2.91 bits per heavy atom. The van der Waals surface area contributed by atoms with Gasteiger partial charge in [-0.15, -0.1) is 5.10 Å². The quantitative estimate of drug-likeness (QED) is 0.940. The van der Waals surface area contributed by atoms with Gasteiger partial charge in [-0.1, -0.05) is 35.9 Å². The summed E-state index contributed by atoms with van der Waals surface area (Å²) < 4.78 is 9.19. The van der Waals surface area contributed by atoms with Crippen LogP contribution in [0.5, 0.6) is 5.75 Å². The zero-order valence-corrected chi connectivity index (χ0v) is 13.4. The van der Waals surface area contributed by atoms with Crippen LogP contribution in [0.1, 0.15) is 41.8 Å². The summed E-state index contributed by atoms with van der Waals surface area (Å²) in [4.78, 5) is 13.1. The van der Waals surface area contributed by atoms with Crippen molar-refractivity contribution in [1.29, 1.82) is 0 Å². The number of aromatic nitrogens is 2. The van der Waals surface area contributed by atoms with Crippen LogP contribution < -0.4 is 10.1 Å². The van der Waals surface area contributed by atoms with Gasteiger partial charge in [-0.25, -0.2) is 0 Å². The molecule has 1 aromatic heterocycles. The van der Waals surface area contributed by atoms with E-state index in [9.17, 15) is 4.79 Å². The van der Waals surface area contributed by atoms with Crippen molar-refractivity contribution in [3.8, 4) is 17.0 Å². The highest BCUT2D eigenvalue weighted by Crippen LogP contribution is 2.27. The Morgan fingerprint density at radius 2 is 2.14 bits per heavy atom. The number of nitrogens with one attached hydrogen (secondary N) is 1. The van der Waals surface area contributed by atoms with Crippen LogP contribution in [-0.4, -0.2) is 28.6 Å². The van der Waals surface area contributed by atoms with Crippen LogP contribution in [0.4, 0.5) is 0 Å². The smallest absolute Gasteiger partial charge is 0.265 e. The number of benzene rings is 1. The normalized spacial score (nSPS) is 15.5. The standard InChI is InChI=1S/C16H19N3O2S/c1-21-13-9-5-6-11(10-13)14-15(22-19-18-14)16(20)17-12-7-3-2-4-8-12/h5-6,9-10,12H,2-4,7-8H2,1H3,(H,17,20). The van der Waals surface area contributed by atoms with Gasteiger partial charge in [0, 0.05) is 11.6 Å². The lowest BCUT2D eigenvalue weighted by Crippen LogP contribution is -2.36. The van der Waals surface area contributed by atoms with E-state index in [0.29, 0.717) is 10.6 Å². The maximum atomic E-state index is 12.5. The second-order valence-corrected chi connectivity index (χ2v) is 6.25. The van der Waals surface area contributed by atoms with Crippen LogP contribution in [0.2, 0.25) is 0 Å². The summed E-state index contributed by atoms with van der Waals surface area (Å²) in [7, 11) is 1.62. The van der Waals surface area contributed by atoms with E-state index in [1.807, 2.05) is 24.3 Å². The van der Waals surface area contributed by atoms with Crippen molar-refractivity contribution < 1.29 is 9.53 Å². The zero-order valence-electron chi connectivity index (χ0n) is 12.5. The van der Waals surface area contributed by atoms with Crippen molar-refractivity contribution in [1.82, 2.24) is 14.9 Å². The van der Waals surface area contributed by atoms with Gasteiger partial charge in [-0.3, -0.25) is 4.79 Å². The van der Waals surface area contributed by atoms with Gasteiger partial charge in [0.15, 0.2) is 0 Å². The molecule has 5 nitrogen and oxygen atoms in total. The van der Waals surface area contributed by atoms with Crippen molar-refractivity contribution in [2.75, 3.05) is 7.11 Å². The fourth-order valence-corrected chi connectivity index (χ4v) is 3.39. The summed E-state index contributed by atoms with van der Waals surface area (Å²) in [5.41, 5.74) is 1.47. The van der Waals surface area contributed by atoms with Crippen molar-refractivity contribution >= 4 is 17.4 Å². The summed E-state index contributed by atoms with van der Waals surface area (Å²) in [6, 6.07) is 7.81. The Labute approximate surface area is 133 Å². The van der Waals surface area contributed by atoms with Gasteiger partial charge in [0.25, 0.3) is 5.91 Å². The SMILES string of the molecule is COc1cccc(-c2nnsc2C(=O)NC2CCCCC2)c1. The highest BCUT2D eigenvalue weighted by atomic mass is 32.1. The van der Waals surface area contributed by atoms with Crippen LogP contribution in [0.3, 0.4) is 0 Å². The number of ether oxygens (including phenoxy) is 1. The number of hydrogen-bond donors (Lipinski definition) is 1. The number of rotatable bonds is 4. The van der Waals surface area contributed by atoms with Gasteiger partial charge in [0.2, 0.25) is 0 Å². The molecule has 6 heteroatoms. The Bertz CT molecular complexity index is 650. The fourth-order valence-electron chi connectivity index (χ4n) is 2.80. The molecule has 0 saturated heterocycles. The summed E-state index contributed by atoms with van der Waals surface area (Å²) >= 11 is 1.14. The molecule has 22 heavy (non-hydrogen) atoms.